The van der Waals surface area contributed by atoms with Crippen LogP contribution in [0.4, 0.5) is 0 Å². The van der Waals surface area contributed by atoms with Gasteiger partial charge < -0.3 is 9.84 Å². The summed E-state index contributed by atoms with van der Waals surface area (Å²) in [5, 5.41) is 9.57. The van der Waals surface area contributed by atoms with E-state index < -0.39 is 0 Å². The van der Waals surface area contributed by atoms with Crippen LogP contribution in [0.15, 0.2) is 18.2 Å². The lowest BCUT2D eigenvalue weighted by Gasteiger charge is -2.04. The summed E-state index contributed by atoms with van der Waals surface area (Å²) in [6.07, 6.45) is 0.848. The third kappa shape index (κ3) is 2.99. The molecule has 0 unspecified atom stereocenters. The van der Waals surface area contributed by atoms with Crippen LogP contribution in [-0.4, -0.2) is 18.8 Å². The Bertz CT molecular complexity index is 274. The van der Waals surface area contributed by atoms with E-state index in [9.17, 15) is 0 Å². The minimum atomic E-state index is -0.0142. The molecule has 0 heterocycles. The van der Waals surface area contributed by atoms with Gasteiger partial charge in [-0.05, 0) is 23.6 Å². The minimum absolute atomic E-state index is 0.0142. The molecule has 0 radical (unpaired) electrons. The molecule has 3 heteroatoms. The van der Waals surface area contributed by atoms with Crippen molar-refractivity contribution in [1.29, 1.82) is 0 Å². The molecule has 1 aromatic carbocycles. The largest absolute Gasteiger partial charge is 0.392 e. The van der Waals surface area contributed by atoms with Crippen molar-refractivity contribution in [3.63, 3.8) is 0 Å². The first-order chi connectivity index (χ1) is 6.27. The van der Waals surface area contributed by atoms with E-state index in [-0.39, 0.29) is 6.61 Å². The quantitative estimate of drug-likeness (QED) is 0.806. The molecule has 0 fully saturated rings. The van der Waals surface area contributed by atoms with Crippen molar-refractivity contribution >= 4 is 11.6 Å². The van der Waals surface area contributed by atoms with Gasteiger partial charge in [-0.15, -0.1) is 0 Å². The molecule has 0 bridgehead atoms. The number of aliphatic hydroxyl groups is 1. The van der Waals surface area contributed by atoms with Crippen molar-refractivity contribution in [1.82, 2.24) is 0 Å². The maximum atomic E-state index is 8.95. The summed E-state index contributed by atoms with van der Waals surface area (Å²) in [6, 6.07) is 5.65. The van der Waals surface area contributed by atoms with Gasteiger partial charge in [0.15, 0.2) is 0 Å². The topological polar surface area (TPSA) is 29.5 Å². The predicted molar refractivity (Wildman–Crippen MR) is 53.0 cm³/mol. The molecular weight excluding hydrogens is 188 g/mol. The van der Waals surface area contributed by atoms with Gasteiger partial charge in [-0.25, -0.2) is 0 Å². The normalized spacial score (nSPS) is 10.4. The average Bonchev–Trinajstić information content (AvgIpc) is 2.16. The molecule has 1 N–H and O–H groups in total. The first-order valence-electron chi connectivity index (χ1n) is 4.15. The molecule has 0 amide bonds. The highest BCUT2D eigenvalue weighted by molar-refractivity contribution is 6.31. The van der Waals surface area contributed by atoms with Crippen molar-refractivity contribution in [3.05, 3.63) is 34.3 Å². The highest BCUT2D eigenvalue weighted by Gasteiger charge is 2.00. The monoisotopic (exact) mass is 200 g/mol. The smallest absolute Gasteiger partial charge is 0.0696 e. The Morgan fingerprint density at radius 2 is 2.23 bits per heavy atom. The molecular formula is C10H13ClO2. The zero-order valence-corrected chi connectivity index (χ0v) is 8.34. The number of rotatable bonds is 4. The van der Waals surface area contributed by atoms with Crippen molar-refractivity contribution in [2.24, 2.45) is 0 Å². The van der Waals surface area contributed by atoms with E-state index in [4.69, 9.17) is 21.4 Å². The third-order valence-electron chi connectivity index (χ3n) is 1.88. The summed E-state index contributed by atoms with van der Waals surface area (Å²) in [5.41, 5.74) is 1.91. The van der Waals surface area contributed by atoms with E-state index in [2.05, 4.69) is 0 Å². The summed E-state index contributed by atoms with van der Waals surface area (Å²) < 4.78 is 4.95. The summed E-state index contributed by atoms with van der Waals surface area (Å²) >= 11 is 5.84. The highest BCUT2D eigenvalue weighted by Crippen LogP contribution is 2.17. The lowest BCUT2D eigenvalue weighted by Crippen LogP contribution is -1.96. The Hall–Kier alpha value is -0.570. The van der Waals surface area contributed by atoms with Crippen LogP contribution in [0.3, 0.4) is 0 Å². The van der Waals surface area contributed by atoms with Crippen LogP contribution in [0, 0.1) is 0 Å². The van der Waals surface area contributed by atoms with Crippen molar-refractivity contribution < 1.29 is 9.84 Å². The number of hydrogen-bond acceptors (Lipinski definition) is 2. The van der Waals surface area contributed by atoms with E-state index in [0.717, 1.165) is 17.5 Å². The van der Waals surface area contributed by atoms with Gasteiger partial charge in [0.25, 0.3) is 0 Å². The number of methoxy groups -OCH3 is 1. The zero-order valence-electron chi connectivity index (χ0n) is 7.59. The van der Waals surface area contributed by atoms with Gasteiger partial charge in [0.2, 0.25) is 0 Å². The van der Waals surface area contributed by atoms with Gasteiger partial charge in [-0.3, -0.25) is 0 Å². The Kier molecular flexibility index (Phi) is 4.22. The van der Waals surface area contributed by atoms with Crippen molar-refractivity contribution in [2.45, 2.75) is 13.0 Å². The van der Waals surface area contributed by atoms with Crippen LogP contribution >= 0.6 is 11.6 Å². The fourth-order valence-electron chi connectivity index (χ4n) is 1.12. The predicted octanol–water partition coefficient (Wildman–Crippen LogP) is 2.02. The second-order valence-electron chi connectivity index (χ2n) is 2.83. The standard InChI is InChI=1S/C10H13ClO2/c1-13-5-4-8-2-3-10(11)9(6-8)7-12/h2-3,6,12H,4-5,7H2,1H3. The second-order valence-corrected chi connectivity index (χ2v) is 3.23. The molecule has 0 spiro atoms. The van der Waals surface area contributed by atoms with Gasteiger partial charge in [0.1, 0.15) is 0 Å². The number of hydrogen-bond donors (Lipinski definition) is 1. The van der Waals surface area contributed by atoms with Crippen LogP contribution in [0.25, 0.3) is 0 Å². The van der Waals surface area contributed by atoms with E-state index in [1.807, 2.05) is 12.1 Å². The average molecular weight is 201 g/mol. The van der Waals surface area contributed by atoms with E-state index in [1.165, 1.54) is 0 Å². The van der Waals surface area contributed by atoms with E-state index in [0.29, 0.717) is 11.6 Å². The van der Waals surface area contributed by atoms with Crippen LogP contribution in [0.1, 0.15) is 11.1 Å². The number of aliphatic hydroxyl groups excluding tert-OH is 1. The van der Waals surface area contributed by atoms with Crippen LogP contribution in [0.2, 0.25) is 5.02 Å². The second kappa shape index (κ2) is 5.22. The number of benzene rings is 1. The molecule has 0 aliphatic heterocycles. The first-order valence-corrected chi connectivity index (χ1v) is 4.53. The van der Waals surface area contributed by atoms with Crippen LogP contribution in [0.5, 0.6) is 0 Å². The summed E-state index contributed by atoms with van der Waals surface area (Å²) in [5.74, 6) is 0. The summed E-state index contributed by atoms with van der Waals surface area (Å²) in [6.45, 7) is 0.673. The maximum Gasteiger partial charge on any atom is 0.0696 e. The van der Waals surface area contributed by atoms with Crippen LogP contribution < -0.4 is 0 Å². The minimum Gasteiger partial charge on any atom is -0.392 e. The van der Waals surface area contributed by atoms with Gasteiger partial charge in [-0.1, -0.05) is 23.7 Å². The Morgan fingerprint density at radius 3 is 2.85 bits per heavy atom. The molecule has 2 nitrogen and oxygen atoms in total. The first kappa shape index (κ1) is 10.5. The SMILES string of the molecule is COCCc1ccc(Cl)c(CO)c1. The van der Waals surface area contributed by atoms with E-state index >= 15 is 0 Å². The van der Waals surface area contributed by atoms with Crippen molar-refractivity contribution in [2.75, 3.05) is 13.7 Å². The summed E-state index contributed by atoms with van der Waals surface area (Å²) in [4.78, 5) is 0. The summed E-state index contributed by atoms with van der Waals surface area (Å²) in [7, 11) is 1.67. The fraction of sp³-hybridized carbons (Fsp3) is 0.400. The zero-order chi connectivity index (χ0) is 9.68. The lowest BCUT2D eigenvalue weighted by molar-refractivity contribution is 0.202. The molecule has 1 aromatic rings. The molecule has 13 heavy (non-hydrogen) atoms. The molecule has 0 aliphatic carbocycles. The van der Waals surface area contributed by atoms with Gasteiger partial charge in [0, 0.05) is 12.1 Å². The molecule has 0 aromatic heterocycles. The number of ether oxygens (including phenoxy) is 1. The third-order valence-corrected chi connectivity index (χ3v) is 2.24. The lowest BCUT2D eigenvalue weighted by atomic mass is 10.1. The molecule has 0 atom stereocenters. The van der Waals surface area contributed by atoms with Gasteiger partial charge in [-0.2, -0.15) is 0 Å². The maximum absolute atomic E-state index is 8.95. The van der Waals surface area contributed by atoms with Crippen molar-refractivity contribution in [3.8, 4) is 0 Å². The van der Waals surface area contributed by atoms with Gasteiger partial charge >= 0.3 is 0 Å². The highest BCUT2D eigenvalue weighted by atomic mass is 35.5. The molecule has 0 saturated heterocycles. The van der Waals surface area contributed by atoms with Crippen LogP contribution in [-0.2, 0) is 17.8 Å². The van der Waals surface area contributed by atoms with Gasteiger partial charge in [0.05, 0.1) is 13.2 Å². The Morgan fingerprint density at radius 1 is 1.46 bits per heavy atom. The van der Waals surface area contributed by atoms with E-state index in [1.54, 1.807) is 13.2 Å². The molecule has 72 valence electrons. The molecule has 0 aliphatic rings. The number of halogens is 1. The fourth-order valence-corrected chi connectivity index (χ4v) is 1.30. The molecule has 1 rings (SSSR count). The Labute approximate surface area is 83.1 Å². The molecule has 0 saturated carbocycles. The Balaban J connectivity index is 2.74.